The smallest absolute Gasteiger partial charge is 0.181 e. The lowest BCUT2D eigenvalue weighted by atomic mass is 9.64. The van der Waals surface area contributed by atoms with E-state index < -0.39 is 0 Å². The van der Waals surface area contributed by atoms with E-state index in [2.05, 4.69) is 97.4 Å². The molecule has 52 heavy (non-hydrogen) atoms. The van der Waals surface area contributed by atoms with Gasteiger partial charge in [-0.15, -0.1) is 0 Å². The Kier molecular flexibility index (Phi) is 6.02. The fraction of sp³-hybridized carbons (Fsp3) is 0.409. The summed E-state index contributed by atoms with van der Waals surface area (Å²) in [6, 6.07) is 17.7. The molecule has 2 aromatic carbocycles. The largest absolute Gasteiger partial charge is 0.442 e. The quantitative estimate of drug-likeness (QED) is 0.196. The average molecular weight is 688 g/mol. The van der Waals surface area contributed by atoms with Crippen molar-refractivity contribution in [1.82, 2.24) is 33.9 Å². The van der Waals surface area contributed by atoms with Crippen LogP contribution in [0.25, 0.3) is 33.2 Å². The molecule has 0 spiro atoms. The molecule has 1 N–H and O–H groups in total. The number of para-hydroxylation sites is 1. The van der Waals surface area contributed by atoms with Crippen molar-refractivity contribution >= 4 is 33.2 Å². The molecule has 4 aromatic heterocycles. The maximum Gasteiger partial charge on any atom is 0.181 e. The van der Waals surface area contributed by atoms with Gasteiger partial charge in [-0.2, -0.15) is 0 Å². The number of nitrogens with one attached hydrogen (secondary N) is 1. The van der Waals surface area contributed by atoms with Crippen LogP contribution < -0.4 is 0 Å². The molecule has 6 aliphatic heterocycles. The van der Waals surface area contributed by atoms with Crippen LogP contribution in [0.5, 0.6) is 0 Å². The van der Waals surface area contributed by atoms with Gasteiger partial charge in [-0.05, 0) is 98.9 Å². The van der Waals surface area contributed by atoms with Crippen LogP contribution in [0.15, 0.2) is 84.0 Å². The Hall–Kier alpha value is -4.66. The van der Waals surface area contributed by atoms with Gasteiger partial charge < -0.3 is 18.5 Å². The molecule has 0 amide bonds. The number of benzene rings is 2. The van der Waals surface area contributed by atoms with E-state index in [9.17, 15) is 0 Å². The van der Waals surface area contributed by atoms with Gasteiger partial charge in [0.2, 0.25) is 0 Å². The van der Waals surface area contributed by atoms with Gasteiger partial charge in [-0.1, -0.05) is 44.2 Å². The number of nitrogens with zero attached hydrogens (tertiary/aromatic N) is 6. The lowest BCUT2D eigenvalue weighted by Crippen LogP contribution is -2.52. The topological polar surface area (TPSA) is 71.0 Å². The van der Waals surface area contributed by atoms with Crippen molar-refractivity contribution in [3.05, 3.63) is 119 Å². The van der Waals surface area contributed by atoms with Crippen LogP contribution in [0.2, 0.25) is 0 Å². The molecule has 0 bridgehead atoms. The van der Waals surface area contributed by atoms with Crippen molar-refractivity contribution < 1.29 is 4.42 Å². The summed E-state index contributed by atoms with van der Waals surface area (Å²) < 4.78 is 11.3. The minimum Gasteiger partial charge on any atom is -0.442 e. The highest BCUT2D eigenvalue weighted by molar-refractivity contribution is 5.93. The first-order valence-corrected chi connectivity index (χ1v) is 19.8. The van der Waals surface area contributed by atoms with Crippen LogP contribution >= 0.6 is 0 Å². The van der Waals surface area contributed by atoms with Crippen molar-refractivity contribution in [2.45, 2.75) is 83.3 Å². The molecule has 2 fully saturated rings. The third-order valence-electron chi connectivity index (χ3n) is 14.6. The van der Waals surface area contributed by atoms with E-state index in [-0.39, 0.29) is 10.8 Å². The Morgan fingerprint density at radius 3 is 2.46 bits per heavy atom. The van der Waals surface area contributed by atoms with Crippen LogP contribution in [0.3, 0.4) is 0 Å². The molecule has 5 atom stereocenters. The number of fused-ring (bicyclic) bond motifs is 6. The number of aromatic nitrogens is 5. The Balaban J connectivity index is 1.04. The van der Waals surface area contributed by atoms with Gasteiger partial charge >= 0.3 is 0 Å². The Morgan fingerprint density at radius 2 is 1.63 bits per heavy atom. The zero-order chi connectivity index (χ0) is 34.3. The summed E-state index contributed by atoms with van der Waals surface area (Å²) in [5, 5.41) is 2.82. The molecule has 6 aliphatic rings. The monoisotopic (exact) mass is 687 g/mol. The Morgan fingerprint density at radius 1 is 0.846 bits per heavy atom. The second-order valence-electron chi connectivity index (χ2n) is 16.5. The SMILES string of the molecule is CC[C@@]12C=C(c3cnco3)n3c4c(c5ccc(C6CC[C@@]7(CC)C=C(c8ncc[nH]8)n8c9c(c%10ccccc%108)CCN6[C@H]97)cc53)CCN(CCC1)[C@H]42. The van der Waals surface area contributed by atoms with Gasteiger partial charge in [0.1, 0.15) is 0 Å². The highest BCUT2D eigenvalue weighted by Gasteiger charge is 2.54. The molecule has 6 aromatic rings. The molecule has 1 unspecified atom stereocenters. The molecule has 10 heterocycles. The van der Waals surface area contributed by atoms with Crippen LogP contribution in [-0.2, 0) is 12.8 Å². The summed E-state index contributed by atoms with van der Waals surface area (Å²) in [6.07, 6.45) is 21.7. The number of rotatable bonds is 5. The molecular weight excluding hydrogens is 643 g/mol. The van der Waals surface area contributed by atoms with E-state index >= 15 is 0 Å². The first kappa shape index (κ1) is 29.9. The van der Waals surface area contributed by atoms with E-state index in [1.165, 1.54) is 75.1 Å². The number of imidazole rings is 1. The zero-order valence-electron chi connectivity index (χ0n) is 30.1. The second kappa shape index (κ2) is 10.5. The second-order valence-corrected chi connectivity index (χ2v) is 16.5. The summed E-state index contributed by atoms with van der Waals surface area (Å²) in [6.45, 7) is 8.20. The number of aromatic amines is 1. The summed E-state index contributed by atoms with van der Waals surface area (Å²) in [4.78, 5) is 18.4. The lowest BCUT2D eigenvalue weighted by Gasteiger charge is -2.56. The number of H-pyrrole nitrogens is 1. The first-order chi connectivity index (χ1) is 25.6. The fourth-order valence-electron chi connectivity index (χ4n) is 12.3. The average Bonchev–Trinajstić information content (AvgIpc) is 4.02. The molecule has 0 aliphatic carbocycles. The molecule has 0 saturated carbocycles. The number of hydrogen-bond acceptors (Lipinski definition) is 5. The summed E-state index contributed by atoms with van der Waals surface area (Å²) in [5.41, 5.74) is 12.7. The van der Waals surface area contributed by atoms with Crippen molar-refractivity contribution in [2.75, 3.05) is 19.6 Å². The zero-order valence-corrected chi connectivity index (χ0v) is 30.1. The van der Waals surface area contributed by atoms with Crippen LogP contribution in [-0.4, -0.2) is 53.5 Å². The number of oxazole rings is 1. The molecule has 0 radical (unpaired) electrons. The van der Waals surface area contributed by atoms with E-state index in [0.717, 1.165) is 63.2 Å². The third-order valence-corrected chi connectivity index (χ3v) is 14.6. The van der Waals surface area contributed by atoms with E-state index in [1.807, 2.05) is 18.6 Å². The molecule has 8 heteroatoms. The van der Waals surface area contributed by atoms with E-state index in [0.29, 0.717) is 18.1 Å². The minimum atomic E-state index is 0.0402. The van der Waals surface area contributed by atoms with Gasteiger partial charge in [-0.3, -0.25) is 9.80 Å². The van der Waals surface area contributed by atoms with E-state index in [4.69, 9.17) is 9.40 Å². The van der Waals surface area contributed by atoms with Gasteiger partial charge in [0.05, 0.1) is 40.7 Å². The van der Waals surface area contributed by atoms with Crippen LogP contribution in [0.1, 0.15) is 110 Å². The lowest BCUT2D eigenvalue weighted by molar-refractivity contribution is -0.0170. The van der Waals surface area contributed by atoms with E-state index in [1.54, 1.807) is 12.0 Å². The van der Waals surface area contributed by atoms with Crippen molar-refractivity contribution in [3.8, 4) is 0 Å². The summed E-state index contributed by atoms with van der Waals surface area (Å²) >= 11 is 0. The van der Waals surface area contributed by atoms with Gasteiger partial charge in [0.25, 0.3) is 0 Å². The van der Waals surface area contributed by atoms with Gasteiger partial charge in [0, 0.05) is 64.5 Å². The Bertz CT molecular complexity index is 2480. The highest BCUT2D eigenvalue weighted by Crippen LogP contribution is 2.62. The number of piperidine rings is 2. The summed E-state index contributed by atoms with van der Waals surface area (Å²) in [7, 11) is 0. The highest BCUT2D eigenvalue weighted by atomic mass is 16.3. The third kappa shape index (κ3) is 3.65. The fourth-order valence-corrected chi connectivity index (χ4v) is 12.3. The first-order valence-electron chi connectivity index (χ1n) is 19.8. The van der Waals surface area contributed by atoms with Gasteiger partial charge in [0.15, 0.2) is 18.0 Å². The molecular formula is C44H45N7O. The van der Waals surface area contributed by atoms with Crippen LogP contribution in [0.4, 0.5) is 0 Å². The predicted molar refractivity (Wildman–Crippen MR) is 204 cm³/mol. The number of hydrogen-bond donors (Lipinski definition) is 1. The van der Waals surface area contributed by atoms with Crippen LogP contribution in [0, 0.1) is 10.8 Å². The van der Waals surface area contributed by atoms with Crippen molar-refractivity contribution in [3.63, 3.8) is 0 Å². The normalized spacial score (nSPS) is 29.2. The Labute approximate surface area is 303 Å². The molecule has 12 rings (SSSR count). The maximum atomic E-state index is 6.13. The maximum absolute atomic E-state index is 6.13. The molecule has 2 saturated heterocycles. The van der Waals surface area contributed by atoms with Gasteiger partial charge in [-0.25, -0.2) is 9.97 Å². The minimum absolute atomic E-state index is 0.0402. The molecule has 8 nitrogen and oxygen atoms in total. The predicted octanol–water partition coefficient (Wildman–Crippen LogP) is 9.03. The van der Waals surface area contributed by atoms with Crippen molar-refractivity contribution in [2.24, 2.45) is 10.8 Å². The standard InChI is InChI=1S/C44H45N7O/c1-3-43-15-7-19-48-20-13-30-29-11-10-27(22-34(29)51(38(30)40(43)48)35(23-43)37-25-45-26-52-37)32-12-16-44(4-2)24-36(42-46-17-18-47-42)50-33-9-6-5-8-28(33)31-14-21-49(32)41(44)39(31)50/h5-6,8-11,17-18,22-26,32,40-41H,3-4,7,12-16,19-21H2,1-2H3,(H,46,47)/t32?,40-,41-,43+,44+/m1/s1. The van der Waals surface area contributed by atoms with Crippen molar-refractivity contribution in [1.29, 1.82) is 0 Å². The summed E-state index contributed by atoms with van der Waals surface area (Å²) in [5.74, 6) is 1.84. The molecule has 262 valence electrons.